The molecule has 1 N–H and O–H groups in total. The molecule has 0 aliphatic heterocycles. The summed E-state index contributed by atoms with van der Waals surface area (Å²) in [7, 11) is 1.27. The number of nitrogens with zero attached hydrogens (tertiary/aromatic N) is 1. The van der Waals surface area contributed by atoms with Crippen molar-refractivity contribution < 1.29 is 14.3 Å². The third-order valence-electron chi connectivity index (χ3n) is 2.21. The van der Waals surface area contributed by atoms with Crippen molar-refractivity contribution in [3.05, 3.63) is 35.4 Å². The summed E-state index contributed by atoms with van der Waals surface area (Å²) in [5.41, 5.74) is 2.10. The van der Waals surface area contributed by atoms with Crippen LogP contribution in [-0.2, 0) is 14.3 Å². The molecule has 96 valence electrons. The Hall–Kier alpha value is -2.17. The standard InChI is InChI=1S/C13H16N2O3/c1-10-3-5-11(6-4-10)7-14-8-12(16)15-9-13(17)18-2/h3-7H,8-9H2,1-2H3,(H,15,16). The quantitative estimate of drug-likeness (QED) is 0.616. The minimum absolute atomic E-state index is 0.00906. The van der Waals surface area contributed by atoms with Gasteiger partial charge in [-0.15, -0.1) is 0 Å². The minimum atomic E-state index is -0.481. The van der Waals surface area contributed by atoms with Gasteiger partial charge >= 0.3 is 5.97 Å². The number of benzene rings is 1. The Morgan fingerprint density at radius 2 is 2.00 bits per heavy atom. The van der Waals surface area contributed by atoms with Crippen molar-refractivity contribution >= 4 is 18.1 Å². The molecular weight excluding hydrogens is 232 g/mol. The van der Waals surface area contributed by atoms with E-state index in [1.807, 2.05) is 31.2 Å². The topological polar surface area (TPSA) is 67.8 Å². The third-order valence-corrected chi connectivity index (χ3v) is 2.21. The minimum Gasteiger partial charge on any atom is -0.468 e. The molecule has 0 unspecified atom stereocenters. The Bertz CT molecular complexity index is 438. The van der Waals surface area contributed by atoms with Gasteiger partial charge in [-0.25, -0.2) is 0 Å². The Labute approximate surface area is 106 Å². The molecule has 0 saturated carbocycles. The Morgan fingerprint density at radius 1 is 1.33 bits per heavy atom. The van der Waals surface area contributed by atoms with Gasteiger partial charge in [-0.05, 0) is 12.5 Å². The van der Waals surface area contributed by atoms with Gasteiger partial charge in [0.25, 0.3) is 0 Å². The van der Waals surface area contributed by atoms with Gasteiger partial charge < -0.3 is 10.1 Å². The molecular formula is C13H16N2O3. The second kappa shape index (κ2) is 7.21. The normalized spacial score (nSPS) is 10.3. The fourth-order valence-electron chi connectivity index (χ4n) is 1.19. The second-order valence-corrected chi connectivity index (χ2v) is 3.73. The number of methoxy groups -OCH3 is 1. The van der Waals surface area contributed by atoms with Gasteiger partial charge in [0.15, 0.2) is 0 Å². The maximum absolute atomic E-state index is 11.3. The number of amides is 1. The van der Waals surface area contributed by atoms with E-state index in [2.05, 4.69) is 15.0 Å². The molecule has 0 bridgehead atoms. The van der Waals surface area contributed by atoms with Crippen molar-refractivity contribution in [2.24, 2.45) is 4.99 Å². The largest absolute Gasteiger partial charge is 0.468 e. The molecule has 0 spiro atoms. The molecule has 0 aliphatic rings. The van der Waals surface area contributed by atoms with E-state index < -0.39 is 5.97 Å². The van der Waals surface area contributed by atoms with Crippen molar-refractivity contribution in [3.63, 3.8) is 0 Å². The molecule has 18 heavy (non-hydrogen) atoms. The van der Waals surface area contributed by atoms with Crippen molar-refractivity contribution in [2.45, 2.75) is 6.92 Å². The van der Waals surface area contributed by atoms with Gasteiger partial charge in [0, 0.05) is 6.21 Å². The van der Waals surface area contributed by atoms with Gasteiger partial charge in [0.05, 0.1) is 7.11 Å². The van der Waals surface area contributed by atoms with Crippen LogP contribution in [0.2, 0.25) is 0 Å². The Kier molecular flexibility index (Phi) is 5.57. The van der Waals surface area contributed by atoms with E-state index in [1.54, 1.807) is 6.21 Å². The van der Waals surface area contributed by atoms with Crippen LogP contribution in [0.3, 0.4) is 0 Å². The molecule has 5 nitrogen and oxygen atoms in total. The summed E-state index contributed by atoms with van der Waals surface area (Å²) >= 11 is 0. The highest BCUT2D eigenvalue weighted by Gasteiger charge is 2.03. The number of hydrogen-bond donors (Lipinski definition) is 1. The lowest BCUT2D eigenvalue weighted by Crippen LogP contribution is -2.31. The summed E-state index contributed by atoms with van der Waals surface area (Å²) in [4.78, 5) is 26.0. The smallest absolute Gasteiger partial charge is 0.325 e. The zero-order chi connectivity index (χ0) is 13.4. The highest BCUT2D eigenvalue weighted by atomic mass is 16.5. The molecule has 0 radical (unpaired) electrons. The highest BCUT2D eigenvalue weighted by Crippen LogP contribution is 1.99. The van der Waals surface area contributed by atoms with Crippen molar-refractivity contribution in [1.82, 2.24) is 5.32 Å². The Balaban J connectivity index is 2.33. The summed E-state index contributed by atoms with van der Waals surface area (Å²) in [5, 5.41) is 2.40. The number of esters is 1. The number of hydrogen-bond acceptors (Lipinski definition) is 4. The summed E-state index contributed by atoms with van der Waals surface area (Å²) in [5.74, 6) is -0.797. The van der Waals surface area contributed by atoms with E-state index in [1.165, 1.54) is 12.7 Å². The molecule has 1 amide bonds. The summed E-state index contributed by atoms with van der Waals surface area (Å²) in [6.45, 7) is 1.86. The van der Waals surface area contributed by atoms with Gasteiger partial charge in [0.1, 0.15) is 13.1 Å². The number of ether oxygens (including phenoxy) is 1. The molecule has 0 aliphatic carbocycles. The number of carbonyl (C=O) groups excluding carboxylic acids is 2. The van der Waals surface area contributed by atoms with Crippen LogP contribution in [0.5, 0.6) is 0 Å². The average molecular weight is 248 g/mol. The van der Waals surface area contributed by atoms with Crippen molar-refractivity contribution in [3.8, 4) is 0 Å². The van der Waals surface area contributed by atoms with E-state index in [4.69, 9.17) is 0 Å². The van der Waals surface area contributed by atoms with Crippen LogP contribution in [0.1, 0.15) is 11.1 Å². The fourth-order valence-corrected chi connectivity index (χ4v) is 1.19. The Morgan fingerprint density at radius 3 is 2.61 bits per heavy atom. The predicted octanol–water partition coefficient (Wildman–Crippen LogP) is 0.703. The molecule has 0 fully saturated rings. The molecule has 0 heterocycles. The molecule has 1 rings (SSSR count). The van der Waals surface area contributed by atoms with E-state index in [0.29, 0.717) is 0 Å². The van der Waals surface area contributed by atoms with Crippen LogP contribution in [0.25, 0.3) is 0 Å². The summed E-state index contributed by atoms with van der Waals surface area (Å²) in [6.07, 6.45) is 1.62. The number of carbonyl (C=O) groups is 2. The average Bonchev–Trinajstić information content (AvgIpc) is 2.38. The van der Waals surface area contributed by atoms with Crippen molar-refractivity contribution in [2.75, 3.05) is 20.2 Å². The van der Waals surface area contributed by atoms with E-state index in [-0.39, 0.29) is 19.0 Å². The fraction of sp³-hybridized carbons (Fsp3) is 0.308. The van der Waals surface area contributed by atoms with E-state index >= 15 is 0 Å². The van der Waals surface area contributed by atoms with E-state index in [9.17, 15) is 9.59 Å². The number of aliphatic imine (C=N–C) groups is 1. The number of nitrogens with one attached hydrogen (secondary N) is 1. The first-order valence-corrected chi connectivity index (χ1v) is 5.52. The zero-order valence-corrected chi connectivity index (χ0v) is 10.5. The van der Waals surface area contributed by atoms with Gasteiger partial charge in [-0.2, -0.15) is 0 Å². The van der Waals surface area contributed by atoms with Crippen LogP contribution in [0.4, 0.5) is 0 Å². The maximum atomic E-state index is 11.3. The lowest BCUT2D eigenvalue weighted by Gasteiger charge is -2.00. The molecule has 1 aromatic rings. The number of aryl methyl sites for hydroxylation is 1. The van der Waals surface area contributed by atoms with Gasteiger partial charge in [-0.1, -0.05) is 29.8 Å². The monoisotopic (exact) mass is 248 g/mol. The van der Waals surface area contributed by atoms with Crippen LogP contribution in [0, 0.1) is 6.92 Å². The lowest BCUT2D eigenvalue weighted by atomic mass is 10.2. The zero-order valence-electron chi connectivity index (χ0n) is 10.5. The maximum Gasteiger partial charge on any atom is 0.325 e. The summed E-state index contributed by atoms with van der Waals surface area (Å²) in [6, 6.07) is 7.79. The van der Waals surface area contributed by atoms with E-state index in [0.717, 1.165) is 5.56 Å². The van der Waals surface area contributed by atoms with Gasteiger partial charge in [0.2, 0.25) is 5.91 Å². The number of rotatable bonds is 5. The van der Waals surface area contributed by atoms with Gasteiger partial charge in [-0.3, -0.25) is 14.6 Å². The lowest BCUT2D eigenvalue weighted by molar-refractivity contribution is -0.141. The molecule has 0 saturated heterocycles. The van der Waals surface area contributed by atoms with Crippen LogP contribution in [-0.4, -0.2) is 38.3 Å². The first-order valence-electron chi connectivity index (χ1n) is 5.52. The molecule has 5 heteroatoms. The van der Waals surface area contributed by atoms with Crippen LogP contribution < -0.4 is 5.32 Å². The van der Waals surface area contributed by atoms with Crippen LogP contribution in [0.15, 0.2) is 29.3 Å². The molecule has 0 aromatic heterocycles. The third kappa shape index (κ3) is 5.25. The van der Waals surface area contributed by atoms with Crippen molar-refractivity contribution in [1.29, 1.82) is 0 Å². The summed E-state index contributed by atoms with van der Waals surface area (Å²) < 4.78 is 4.39. The first-order chi connectivity index (χ1) is 8.61. The molecule has 1 aromatic carbocycles. The highest BCUT2D eigenvalue weighted by molar-refractivity contribution is 5.86. The predicted molar refractivity (Wildman–Crippen MR) is 68.7 cm³/mol. The van der Waals surface area contributed by atoms with Crippen LogP contribution >= 0.6 is 0 Å². The second-order valence-electron chi connectivity index (χ2n) is 3.73. The SMILES string of the molecule is COC(=O)CNC(=O)CN=Cc1ccc(C)cc1. The first kappa shape index (κ1) is 13.9. The molecule has 0 atom stereocenters.